The summed E-state index contributed by atoms with van der Waals surface area (Å²) in [7, 11) is 1.37. The van der Waals surface area contributed by atoms with Crippen LogP contribution >= 0.6 is 0 Å². The van der Waals surface area contributed by atoms with Crippen molar-refractivity contribution < 1.29 is 42.9 Å². The van der Waals surface area contributed by atoms with Crippen molar-refractivity contribution in [1.82, 2.24) is 0 Å². The first-order valence-corrected chi connectivity index (χ1v) is 14.9. The van der Waals surface area contributed by atoms with Gasteiger partial charge in [-0.25, -0.2) is 0 Å². The third kappa shape index (κ3) is 3.70. The van der Waals surface area contributed by atoms with Crippen molar-refractivity contribution >= 4 is 17.9 Å². The van der Waals surface area contributed by atoms with Gasteiger partial charge in [-0.15, -0.1) is 0 Å². The molecule has 4 heterocycles. The fourth-order valence-corrected chi connectivity index (χ4v) is 9.34. The molecule has 9 heteroatoms. The SMILES string of the molecule is CCC(C)C(=O)OC1C2C=C3C4CC(=O)OC(c5ccoc5)C4(C)CCC3C3(C)C(CC(=O)OC)C1(C)COC23O. The van der Waals surface area contributed by atoms with Gasteiger partial charge in [-0.05, 0) is 43.1 Å². The Morgan fingerprint density at radius 1 is 1.20 bits per heavy atom. The molecule has 6 aliphatic rings. The summed E-state index contributed by atoms with van der Waals surface area (Å²) in [6, 6.07) is 1.84. The van der Waals surface area contributed by atoms with Crippen molar-refractivity contribution in [2.24, 2.45) is 45.8 Å². The zero-order valence-corrected chi connectivity index (χ0v) is 24.8. The number of carbonyl (C=O) groups is 3. The molecule has 5 fully saturated rings. The number of furan rings is 1. The van der Waals surface area contributed by atoms with Crippen molar-refractivity contribution in [2.75, 3.05) is 13.7 Å². The lowest BCUT2D eigenvalue weighted by molar-refractivity contribution is -0.428. The van der Waals surface area contributed by atoms with Crippen LogP contribution in [0.3, 0.4) is 0 Å². The Morgan fingerprint density at radius 2 is 1.95 bits per heavy atom. The van der Waals surface area contributed by atoms with E-state index >= 15 is 0 Å². The van der Waals surface area contributed by atoms with Crippen LogP contribution in [0.4, 0.5) is 0 Å². The Labute approximate surface area is 240 Å². The standard InChI is InChI=1S/C32H42O9/c1-7-17(2)28(35)41-27-22-12-19-20(31(5)23(14-24(33)37-6)30(27,4)16-39-32(22,31)36)8-10-29(3)21(19)13-25(34)40-26(29)18-9-11-38-15-18/h9,11-12,15,17,20-23,26-27,36H,7-8,10,13-14,16H2,1-6H3. The van der Waals surface area contributed by atoms with E-state index in [1.165, 1.54) is 7.11 Å². The van der Waals surface area contributed by atoms with Crippen molar-refractivity contribution in [1.29, 1.82) is 0 Å². The molecule has 3 saturated heterocycles. The van der Waals surface area contributed by atoms with E-state index in [1.807, 2.05) is 33.8 Å². The quantitative estimate of drug-likeness (QED) is 0.294. The number of fused-ring (bicyclic) bond motifs is 4. The summed E-state index contributed by atoms with van der Waals surface area (Å²) in [6.45, 7) is 10.1. The van der Waals surface area contributed by atoms with Gasteiger partial charge in [0.2, 0.25) is 0 Å². The second-order valence-corrected chi connectivity index (χ2v) is 13.7. The fraction of sp³-hybridized carbons (Fsp3) is 0.719. The van der Waals surface area contributed by atoms with Crippen LogP contribution in [0, 0.1) is 45.8 Å². The van der Waals surface area contributed by atoms with Crippen LogP contribution in [-0.2, 0) is 33.3 Å². The van der Waals surface area contributed by atoms with Crippen LogP contribution in [0.15, 0.2) is 34.7 Å². The van der Waals surface area contributed by atoms with E-state index in [4.69, 9.17) is 23.4 Å². The van der Waals surface area contributed by atoms with Crippen LogP contribution in [0.5, 0.6) is 0 Å². The molecule has 11 unspecified atom stereocenters. The predicted molar refractivity (Wildman–Crippen MR) is 145 cm³/mol. The van der Waals surface area contributed by atoms with Crippen LogP contribution < -0.4 is 0 Å². The maximum Gasteiger partial charge on any atom is 0.308 e. The summed E-state index contributed by atoms with van der Waals surface area (Å²) in [5.74, 6) is -4.34. The van der Waals surface area contributed by atoms with Crippen LogP contribution in [0.2, 0.25) is 0 Å². The number of rotatable bonds is 6. The zero-order valence-electron chi connectivity index (χ0n) is 24.8. The average Bonchev–Trinajstić information content (AvgIpc) is 3.48. The van der Waals surface area contributed by atoms with E-state index in [0.29, 0.717) is 12.8 Å². The number of cyclic esters (lactones) is 1. The molecule has 0 spiro atoms. The van der Waals surface area contributed by atoms with Crippen molar-refractivity contribution in [3.8, 4) is 0 Å². The number of ether oxygens (including phenoxy) is 4. The number of esters is 3. The summed E-state index contributed by atoms with van der Waals surface area (Å²) in [4.78, 5) is 39.2. The maximum absolute atomic E-state index is 13.2. The second-order valence-electron chi connectivity index (χ2n) is 13.7. The largest absolute Gasteiger partial charge is 0.472 e. The highest BCUT2D eigenvalue weighted by atomic mass is 16.6. The highest BCUT2D eigenvalue weighted by molar-refractivity contribution is 5.73. The summed E-state index contributed by atoms with van der Waals surface area (Å²) in [5, 5.41) is 12.5. The van der Waals surface area contributed by atoms with Gasteiger partial charge in [0.1, 0.15) is 12.2 Å². The molecule has 3 aliphatic heterocycles. The van der Waals surface area contributed by atoms with Gasteiger partial charge in [-0.2, -0.15) is 0 Å². The highest BCUT2D eigenvalue weighted by Crippen LogP contribution is 2.74. The molecule has 41 heavy (non-hydrogen) atoms. The molecule has 0 radical (unpaired) electrons. The summed E-state index contributed by atoms with van der Waals surface area (Å²) in [5.41, 5.74) is -0.155. The predicted octanol–water partition coefficient (Wildman–Crippen LogP) is 4.74. The molecule has 3 aliphatic carbocycles. The number of methoxy groups -OCH3 is 1. The molecule has 11 atom stereocenters. The number of aliphatic hydroxyl groups is 1. The minimum atomic E-state index is -1.66. The number of hydrogen-bond acceptors (Lipinski definition) is 9. The summed E-state index contributed by atoms with van der Waals surface area (Å²) in [6.07, 6.45) is 6.45. The Bertz CT molecular complexity index is 1270. The van der Waals surface area contributed by atoms with Gasteiger partial charge in [-0.1, -0.05) is 46.3 Å². The Balaban J connectivity index is 1.51. The highest BCUT2D eigenvalue weighted by Gasteiger charge is 2.79. The van der Waals surface area contributed by atoms with Crippen molar-refractivity contribution in [3.63, 3.8) is 0 Å². The van der Waals surface area contributed by atoms with Gasteiger partial charge < -0.3 is 28.5 Å². The number of allylic oxidation sites excluding steroid dienone is 1. The van der Waals surface area contributed by atoms with Gasteiger partial charge in [-0.3, -0.25) is 14.4 Å². The third-order valence-electron chi connectivity index (χ3n) is 11.9. The first kappa shape index (κ1) is 28.5. The van der Waals surface area contributed by atoms with Crippen LogP contribution in [0.25, 0.3) is 0 Å². The maximum atomic E-state index is 13.2. The molecule has 9 nitrogen and oxygen atoms in total. The van der Waals surface area contributed by atoms with Crippen molar-refractivity contribution in [2.45, 2.75) is 84.7 Å². The number of hydrogen-bond donors (Lipinski definition) is 1. The molecule has 1 aromatic heterocycles. The van der Waals surface area contributed by atoms with Gasteiger partial charge >= 0.3 is 17.9 Å². The molecule has 7 rings (SSSR count). The summed E-state index contributed by atoms with van der Waals surface area (Å²) >= 11 is 0. The molecule has 1 N–H and O–H groups in total. The normalized spacial score (nSPS) is 45.0. The Morgan fingerprint density at radius 3 is 2.61 bits per heavy atom. The van der Waals surface area contributed by atoms with E-state index in [0.717, 1.165) is 17.6 Å². The van der Waals surface area contributed by atoms with Crippen LogP contribution in [-0.4, -0.2) is 48.6 Å². The van der Waals surface area contributed by atoms with Crippen LogP contribution in [0.1, 0.15) is 78.4 Å². The van der Waals surface area contributed by atoms with Gasteiger partial charge in [0, 0.05) is 28.2 Å². The smallest absolute Gasteiger partial charge is 0.308 e. The first-order valence-electron chi connectivity index (χ1n) is 14.9. The van der Waals surface area contributed by atoms with Gasteiger partial charge in [0.15, 0.2) is 5.79 Å². The van der Waals surface area contributed by atoms with E-state index < -0.39 is 46.1 Å². The van der Waals surface area contributed by atoms with Gasteiger partial charge in [0.25, 0.3) is 0 Å². The minimum absolute atomic E-state index is 0.0602. The fourth-order valence-electron chi connectivity index (χ4n) is 9.34. The molecule has 0 aromatic carbocycles. The minimum Gasteiger partial charge on any atom is -0.472 e. The zero-order chi connectivity index (χ0) is 29.5. The third-order valence-corrected chi connectivity index (χ3v) is 11.9. The molecule has 2 saturated carbocycles. The molecular formula is C32H42O9. The lowest BCUT2D eigenvalue weighted by Crippen LogP contribution is -2.80. The first-order chi connectivity index (χ1) is 19.3. The Hall–Kier alpha value is -2.65. The second kappa shape index (κ2) is 9.43. The Kier molecular flexibility index (Phi) is 6.55. The molecule has 224 valence electrons. The molecular weight excluding hydrogens is 528 g/mol. The topological polar surface area (TPSA) is 122 Å². The molecule has 0 amide bonds. The van der Waals surface area contributed by atoms with Crippen molar-refractivity contribution in [3.05, 3.63) is 35.8 Å². The van der Waals surface area contributed by atoms with E-state index in [2.05, 4.69) is 13.0 Å². The molecule has 1 aromatic rings. The molecule has 4 bridgehead atoms. The monoisotopic (exact) mass is 570 g/mol. The average molecular weight is 571 g/mol. The lowest BCUT2D eigenvalue weighted by atomic mass is 9.37. The van der Waals surface area contributed by atoms with E-state index in [9.17, 15) is 19.5 Å². The summed E-state index contributed by atoms with van der Waals surface area (Å²) < 4.78 is 29.1. The number of carbonyl (C=O) groups excluding carboxylic acids is 3. The lowest BCUT2D eigenvalue weighted by Gasteiger charge is -2.73. The van der Waals surface area contributed by atoms with Gasteiger partial charge in [0.05, 0.1) is 44.5 Å². The van der Waals surface area contributed by atoms with E-state index in [1.54, 1.807) is 12.5 Å². The van der Waals surface area contributed by atoms with E-state index in [-0.39, 0.29) is 55.1 Å².